The second-order valence-corrected chi connectivity index (χ2v) is 9.76. The van der Waals surface area contributed by atoms with Crippen molar-refractivity contribution in [1.82, 2.24) is 5.32 Å². The third-order valence-corrected chi connectivity index (χ3v) is 6.74. The van der Waals surface area contributed by atoms with Gasteiger partial charge in [-0.25, -0.2) is 13.2 Å². The minimum Gasteiger partial charge on any atom is -0.452 e. The first-order valence-electron chi connectivity index (χ1n) is 9.57. The fourth-order valence-electron chi connectivity index (χ4n) is 3.19. The summed E-state index contributed by atoms with van der Waals surface area (Å²) >= 11 is 5.89. The summed E-state index contributed by atoms with van der Waals surface area (Å²) in [4.78, 5) is 24.4. The lowest BCUT2D eigenvalue weighted by Gasteiger charge is -2.13. The number of hydrogen-bond acceptors (Lipinski definition) is 6. The summed E-state index contributed by atoms with van der Waals surface area (Å²) in [6, 6.07) is 14.0. The molecule has 1 saturated heterocycles. The topological polar surface area (TPSA) is 102 Å². The average Bonchev–Trinajstić information content (AvgIpc) is 3.06. The number of carbonyl (C=O) groups is 2. The maximum atomic E-state index is 12.4. The van der Waals surface area contributed by atoms with E-state index in [0.29, 0.717) is 29.2 Å². The molecule has 160 valence electrons. The van der Waals surface area contributed by atoms with E-state index in [9.17, 15) is 18.0 Å². The molecule has 2 aromatic carbocycles. The van der Waals surface area contributed by atoms with E-state index in [1.807, 2.05) is 24.3 Å². The SMILES string of the molecule is O=C(COC(=O)c1ccccc1NCCc1ccc(Cl)cc1)NC1CCS(=O)(=O)C1. The standard InChI is InChI=1S/C21H23ClN2O5S/c22-16-7-5-15(6-8-16)9-11-23-19-4-2-1-3-18(19)21(26)29-13-20(25)24-17-10-12-30(27,28)14-17/h1-8,17,23H,9-14H2,(H,24,25). The van der Waals surface area contributed by atoms with E-state index in [-0.39, 0.29) is 11.5 Å². The van der Waals surface area contributed by atoms with Gasteiger partial charge in [-0.3, -0.25) is 4.79 Å². The number of hydrogen-bond donors (Lipinski definition) is 2. The van der Waals surface area contributed by atoms with Crippen molar-refractivity contribution in [3.05, 3.63) is 64.7 Å². The molecule has 3 rings (SSSR count). The van der Waals surface area contributed by atoms with Gasteiger partial charge in [0.2, 0.25) is 0 Å². The molecule has 0 aliphatic carbocycles. The van der Waals surface area contributed by atoms with Gasteiger partial charge in [0.25, 0.3) is 5.91 Å². The molecule has 1 fully saturated rings. The molecule has 0 bridgehead atoms. The summed E-state index contributed by atoms with van der Waals surface area (Å²) in [7, 11) is -3.09. The quantitative estimate of drug-likeness (QED) is 0.599. The fourth-order valence-corrected chi connectivity index (χ4v) is 4.99. The Bertz CT molecular complexity index is 1010. The minimum atomic E-state index is -3.09. The van der Waals surface area contributed by atoms with Crippen LogP contribution >= 0.6 is 11.6 Å². The van der Waals surface area contributed by atoms with Crippen LogP contribution in [0.4, 0.5) is 5.69 Å². The zero-order valence-corrected chi connectivity index (χ0v) is 17.8. The first kappa shape index (κ1) is 22.1. The molecule has 1 aliphatic heterocycles. The number of carbonyl (C=O) groups excluding carboxylic acids is 2. The van der Waals surface area contributed by atoms with Crippen molar-refractivity contribution in [3.63, 3.8) is 0 Å². The van der Waals surface area contributed by atoms with Crippen LogP contribution in [0.1, 0.15) is 22.3 Å². The first-order chi connectivity index (χ1) is 14.3. The Morgan fingerprint density at radius 1 is 1.10 bits per heavy atom. The Hall–Kier alpha value is -2.58. The van der Waals surface area contributed by atoms with Crippen LogP contribution in [0.5, 0.6) is 0 Å². The molecule has 1 amide bonds. The van der Waals surface area contributed by atoms with Gasteiger partial charge < -0.3 is 15.4 Å². The molecule has 1 aliphatic rings. The highest BCUT2D eigenvalue weighted by Gasteiger charge is 2.29. The number of sulfone groups is 1. The lowest BCUT2D eigenvalue weighted by Crippen LogP contribution is -2.38. The second kappa shape index (κ2) is 9.95. The lowest BCUT2D eigenvalue weighted by molar-refractivity contribution is -0.124. The van der Waals surface area contributed by atoms with Crippen LogP contribution in [-0.4, -0.2) is 51.0 Å². The highest BCUT2D eigenvalue weighted by Crippen LogP contribution is 2.17. The van der Waals surface area contributed by atoms with Crippen LogP contribution in [0.15, 0.2) is 48.5 Å². The van der Waals surface area contributed by atoms with Gasteiger partial charge >= 0.3 is 5.97 Å². The zero-order chi connectivity index (χ0) is 21.6. The van der Waals surface area contributed by atoms with Gasteiger partial charge in [0.05, 0.1) is 17.1 Å². The van der Waals surface area contributed by atoms with Gasteiger partial charge in [0.15, 0.2) is 16.4 Å². The van der Waals surface area contributed by atoms with E-state index in [0.717, 1.165) is 12.0 Å². The van der Waals surface area contributed by atoms with E-state index in [1.54, 1.807) is 24.3 Å². The summed E-state index contributed by atoms with van der Waals surface area (Å²) in [6.45, 7) is 0.136. The minimum absolute atomic E-state index is 0.0623. The Labute approximate surface area is 180 Å². The summed E-state index contributed by atoms with van der Waals surface area (Å²) in [6.07, 6.45) is 1.12. The first-order valence-corrected chi connectivity index (χ1v) is 11.8. The maximum absolute atomic E-state index is 12.4. The van der Waals surface area contributed by atoms with E-state index >= 15 is 0 Å². The Balaban J connectivity index is 1.49. The van der Waals surface area contributed by atoms with Crippen molar-refractivity contribution in [2.24, 2.45) is 0 Å². The lowest BCUT2D eigenvalue weighted by atomic mass is 10.1. The second-order valence-electron chi connectivity index (χ2n) is 7.09. The summed E-state index contributed by atoms with van der Waals surface area (Å²) in [5, 5.41) is 6.48. The Morgan fingerprint density at radius 3 is 2.53 bits per heavy atom. The van der Waals surface area contributed by atoms with Gasteiger partial charge in [-0.2, -0.15) is 0 Å². The molecule has 1 heterocycles. The van der Waals surface area contributed by atoms with Gasteiger partial charge in [-0.15, -0.1) is 0 Å². The number of rotatable bonds is 8. The molecule has 1 atom stereocenters. The predicted molar refractivity (Wildman–Crippen MR) is 116 cm³/mol. The number of ether oxygens (including phenoxy) is 1. The molecular formula is C21H23ClN2O5S. The van der Waals surface area contributed by atoms with Crippen LogP contribution < -0.4 is 10.6 Å². The van der Waals surface area contributed by atoms with Crippen molar-refractivity contribution in [3.8, 4) is 0 Å². The molecule has 2 aromatic rings. The monoisotopic (exact) mass is 450 g/mol. The molecular weight excluding hydrogens is 428 g/mol. The molecule has 0 aromatic heterocycles. The highest BCUT2D eigenvalue weighted by atomic mass is 35.5. The molecule has 1 unspecified atom stereocenters. The van der Waals surface area contributed by atoms with Crippen LogP contribution in [0, 0.1) is 0 Å². The Morgan fingerprint density at radius 2 is 1.83 bits per heavy atom. The van der Waals surface area contributed by atoms with Gasteiger partial charge in [0.1, 0.15) is 0 Å². The van der Waals surface area contributed by atoms with Crippen LogP contribution in [0.25, 0.3) is 0 Å². The average molecular weight is 451 g/mol. The van der Waals surface area contributed by atoms with Crippen molar-refractivity contribution in [1.29, 1.82) is 0 Å². The number of anilines is 1. The zero-order valence-electron chi connectivity index (χ0n) is 16.3. The molecule has 2 N–H and O–H groups in total. The number of benzene rings is 2. The van der Waals surface area contributed by atoms with E-state index in [2.05, 4.69) is 10.6 Å². The summed E-state index contributed by atoms with van der Waals surface area (Å²) < 4.78 is 28.0. The van der Waals surface area contributed by atoms with Crippen molar-refractivity contribution < 1.29 is 22.7 Å². The molecule has 7 nitrogen and oxygen atoms in total. The third kappa shape index (κ3) is 6.47. The molecule has 0 radical (unpaired) electrons. The molecule has 9 heteroatoms. The number of amides is 1. The van der Waals surface area contributed by atoms with Crippen LogP contribution in [0.3, 0.4) is 0 Å². The van der Waals surface area contributed by atoms with Crippen LogP contribution in [-0.2, 0) is 25.8 Å². The Kier molecular flexibility index (Phi) is 7.33. The van der Waals surface area contributed by atoms with Gasteiger partial charge in [-0.05, 0) is 42.7 Å². The largest absolute Gasteiger partial charge is 0.452 e. The predicted octanol–water partition coefficient (Wildman–Crippen LogP) is 2.45. The fraction of sp³-hybridized carbons (Fsp3) is 0.333. The van der Waals surface area contributed by atoms with E-state index < -0.39 is 34.4 Å². The van der Waals surface area contributed by atoms with E-state index in [4.69, 9.17) is 16.3 Å². The van der Waals surface area contributed by atoms with Crippen molar-refractivity contribution >= 4 is 39.0 Å². The molecule has 30 heavy (non-hydrogen) atoms. The smallest absolute Gasteiger partial charge is 0.340 e. The molecule has 0 spiro atoms. The maximum Gasteiger partial charge on any atom is 0.340 e. The summed E-state index contributed by atoms with van der Waals surface area (Å²) in [5.74, 6) is -1.16. The number of esters is 1. The van der Waals surface area contributed by atoms with Gasteiger partial charge in [0, 0.05) is 23.3 Å². The highest BCUT2D eigenvalue weighted by molar-refractivity contribution is 7.91. The number of nitrogens with one attached hydrogen (secondary N) is 2. The van der Waals surface area contributed by atoms with Crippen molar-refractivity contribution in [2.75, 3.05) is 30.0 Å². The number of halogens is 1. The normalized spacial score (nSPS) is 17.3. The van der Waals surface area contributed by atoms with E-state index in [1.165, 1.54) is 0 Å². The third-order valence-electron chi connectivity index (χ3n) is 4.72. The molecule has 0 saturated carbocycles. The number of para-hydroxylation sites is 1. The summed E-state index contributed by atoms with van der Waals surface area (Å²) in [5.41, 5.74) is 2.04. The van der Waals surface area contributed by atoms with Crippen molar-refractivity contribution in [2.45, 2.75) is 18.9 Å². The van der Waals surface area contributed by atoms with Crippen LogP contribution in [0.2, 0.25) is 5.02 Å². The van der Waals surface area contributed by atoms with Gasteiger partial charge in [-0.1, -0.05) is 35.9 Å².